The summed E-state index contributed by atoms with van der Waals surface area (Å²) in [6.45, 7) is 5.41. The highest BCUT2D eigenvalue weighted by atomic mass is 16.5. The lowest BCUT2D eigenvalue weighted by atomic mass is 9.93. The van der Waals surface area contributed by atoms with Crippen LogP contribution < -0.4 is 5.32 Å². The van der Waals surface area contributed by atoms with E-state index in [9.17, 15) is 0 Å². The molecule has 2 aliphatic heterocycles. The fourth-order valence-electron chi connectivity index (χ4n) is 1.66. The lowest BCUT2D eigenvalue weighted by Gasteiger charge is -2.40. The van der Waals surface area contributed by atoms with Crippen LogP contribution in [0.2, 0.25) is 0 Å². The van der Waals surface area contributed by atoms with Gasteiger partial charge >= 0.3 is 0 Å². The van der Waals surface area contributed by atoms with Crippen molar-refractivity contribution in [1.29, 1.82) is 0 Å². The Labute approximate surface area is 67.1 Å². The van der Waals surface area contributed by atoms with Gasteiger partial charge in [0.2, 0.25) is 0 Å². The first-order valence-electron chi connectivity index (χ1n) is 4.19. The molecule has 0 unspecified atom stereocenters. The van der Waals surface area contributed by atoms with Gasteiger partial charge in [0.05, 0.1) is 12.2 Å². The molecule has 0 amide bonds. The molecule has 0 aliphatic carbocycles. The summed E-state index contributed by atoms with van der Waals surface area (Å²) in [6.07, 6.45) is 2.05. The zero-order valence-electron chi connectivity index (χ0n) is 6.64. The molecule has 2 saturated heterocycles. The Morgan fingerprint density at radius 1 is 1.27 bits per heavy atom. The summed E-state index contributed by atoms with van der Waals surface area (Å²) in [5, 5.41) is 3.31. The van der Waals surface area contributed by atoms with E-state index >= 15 is 0 Å². The Kier molecular flexibility index (Phi) is 2.11. The molecular weight excluding hydrogens is 142 g/mol. The molecule has 63 valence electrons. The fraction of sp³-hybridized carbons (Fsp3) is 0.875. The third-order valence-electron chi connectivity index (χ3n) is 2.41. The first-order chi connectivity index (χ1) is 5.41. The highest BCUT2D eigenvalue weighted by Crippen LogP contribution is 2.26. The maximum Gasteiger partial charge on any atom is 0.0981 e. The molecule has 3 heteroatoms. The summed E-state index contributed by atoms with van der Waals surface area (Å²) < 4.78 is 10.9. The van der Waals surface area contributed by atoms with E-state index in [0.717, 1.165) is 39.1 Å². The maximum absolute atomic E-state index is 5.64. The summed E-state index contributed by atoms with van der Waals surface area (Å²) in [5.74, 6) is 0. The highest BCUT2D eigenvalue weighted by molar-refractivity contribution is 4.90. The van der Waals surface area contributed by atoms with Crippen LogP contribution in [0.25, 0.3) is 0 Å². The molecule has 0 bridgehead atoms. The standard InChI is InChI=1S/C8H14NO2/c1-4-10-5-2-8(1)7-9-3-6-11-8/h6,9H,1-5,7H2. The zero-order valence-corrected chi connectivity index (χ0v) is 6.64. The molecule has 0 aromatic heterocycles. The molecular formula is C8H14NO2. The first kappa shape index (κ1) is 7.53. The smallest absolute Gasteiger partial charge is 0.0981 e. The van der Waals surface area contributed by atoms with Crippen molar-refractivity contribution in [3.05, 3.63) is 6.61 Å². The van der Waals surface area contributed by atoms with Gasteiger partial charge in [-0.2, -0.15) is 0 Å². The molecule has 3 nitrogen and oxygen atoms in total. The minimum atomic E-state index is 0.0660. The first-order valence-corrected chi connectivity index (χ1v) is 4.19. The molecule has 1 N–H and O–H groups in total. The van der Waals surface area contributed by atoms with Crippen molar-refractivity contribution < 1.29 is 9.47 Å². The largest absolute Gasteiger partial charge is 0.381 e. The van der Waals surface area contributed by atoms with Gasteiger partial charge in [0.15, 0.2) is 0 Å². The molecule has 0 aromatic carbocycles. The van der Waals surface area contributed by atoms with Crippen molar-refractivity contribution >= 4 is 0 Å². The number of morpholine rings is 1. The van der Waals surface area contributed by atoms with Crippen LogP contribution >= 0.6 is 0 Å². The van der Waals surface area contributed by atoms with Crippen molar-refractivity contribution in [3.8, 4) is 0 Å². The lowest BCUT2D eigenvalue weighted by Crippen LogP contribution is -2.51. The Bertz CT molecular complexity index is 107. The summed E-state index contributed by atoms with van der Waals surface area (Å²) in [4.78, 5) is 0. The molecule has 2 rings (SSSR count). The van der Waals surface area contributed by atoms with Crippen molar-refractivity contribution in [2.75, 3.05) is 26.3 Å². The quantitative estimate of drug-likeness (QED) is 0.548. The van der Waals surface area contributed by atoms with Gasteiger partial charge in [-0.05, 0) is 0 Å². The topological polar surface area (TPSA) is 30.5 Å². The molecule has 2 heterocycles. The van der Waals surface area contributed by atoms with Gasteiger partial charge in [-0.25, -0.2) is 0 Å². The highest BCUT2D eigenvalue weighted by Gasteiger charge is 2.35. The van der Waals surface area contributed by atoms with Crippen LogP contribution in [0.15, 0.2) is 0 Å². The second kappa shape index (κ2) is 3.09. The predicted molar refractivity (Wildman–Crippen MR) is 41.0 cm³/mol. The summed E-state index contributed by atoms with van der Waals surface area (Å²) in [5.41, 5.74) is 0.0660. The van der Waals surface area contributed by atoms with Crippen LogP contribution in [0.3, 0.4) is 0 Å². The van der Waals surface area contributed by atoms with Crippen LogP contribution in [0.5, 0.6) is 0 Å². The Balaban J connectivity index is 1.94. The third-order valence-corrected chi connectivity index (χ3v) is 2.41. The van der Waals surface area contributed by atoms with Gasteiger partial charge in [0.1, 0.15) is 0 Å². The fourth-order valence-corrected chi connectivity index (χ4v) is 1.66. The van der Waals surface area contributed by atoms with Gasteiger partial charge in [-0.3, -0.25) is 0 Å². The molecule has 1 spiro atoms. The van der Waals surface area contributed by atoms with Crippen molar-refractivity contribution in [2.24, 2.45) is 0 Å². The molecule has 0 saturated carbocycles. The molecule has 11 heavy (non-hydrogen) atoms. The van der Waals surface area contributed by atoms with Gasteiger partial charge in [-0.1, -0.05) is 0 Å². The van der Waals surface area contributed by atoms with E-state index < -0.39 is 0 Å². The number of nitrogens with one attached hydrogen (secondary N) is 1. The van der Waals surface area contributed by atoms with E-state index in [2.05, 4.69) is 5.32 Å². The molecule has 2 fully saturated rings. The normalized spacial score (nSPS) is 30.5. The van der Waals surface area contributed by atoms with E-state index in [-0.39, 0.29) is 5.60 Å². The Hall–Kier alpha value is -0.120. The number of rotatable bonds is 0. The Morgan fingerprint density at radius 3 is 2.73 bits per heavy atom. The van der Waals surface area contributed by atoms with Crippen LogP contribution in [0, 0.1) is 6.61 Å². The molecule has 2 aliphatic rings. The molecule has 0 aromatic rings. The predicted octanol–water partition coefficient (Wildman–Crippen LogP) is 0.317. The number of ether oxygens (including phenoxy) is 2. The lowest BCUT2D eigenvalue weighted by molar-refractivity contribution is -0.0983. The number of hydrogen-bond donors (Lipinski definition) is 1. The third kappa shape index (κ3) is 1.55. The average molecular weight is 156 g/mol. The number of hydrogen-bond acceptors (Lipinski definition) is 3. The van der Waals surface area contributed by atoms with Gasteiger partial charge in [0, 0.05) is 39.1 Å². The van der Waals surface area contributed by atoms with E-state index in [1.165, 1.54) is 0 Å². The van der Waals surface area contributed by atoms with Gasteiger partial charge in [0.25, 0.3) is 0 Å². The minimum absolute atomic E-state index is 0.0660. The summed E-state index contributed by atoms with van der Waals surface area (Å²) in [7, 11) is 0. The van der Waals surface area contributed by atoms with E-state index in [0.29, 0.717) is 0 Å². The minimum Gasteiger partial charge on any atom is -0.381 e. The van der Waals surface area contributed by atoms with E-state index in [4.69, 9.17) is 9.47 Å². The van der Waals surface area contributed by atoms with Gasteiger partial charge < -0.3 is 14.8 Å². The van der Waals surface area contributed by atoms with Crippen LogP contribution in [0.4, 0.5) is 0 Å². The zero-order chi connectivity index (χ0) is 7.57. The van der Waals surface area contributed by atoms with Crippen molar-refractivity contribution in [1.82, 2.24) is 5.32 Å². The monoisotopic (exact) mass is 156 g/mol. The van der Waals surface area contributed by atoms with E-state index in [1.54, 1.807) is 0 Å². The van der Waals surface area contributed by atoms with Gasteiger partial charge in [-0.15, -0.1) is 0 Å². The molecule has 0 atom stereocenters. The van der Waals surface area contributed by atoms with Crippen molar-refractivity contribution in [3.63, 3.8) is 0 Å². The summed E-state index contributed by atoms with van der Waals surface area (Å²) in [6, 6.07) is 0. The summed E-state index contributed by atoms with van der Waals surface area (Å²) >= 11 is 0. The van der Waals surface area contributed by atoms with Crippen LogP contribution in [-0.2, 0) is 9.47 Å². The second-order valence-electron chi connectivity index (χ2n) is 3.21. The van der Waals surface area contributed by atoms with E-state index in [1.807, 2.05) is 6.61 Å². The maximum atomic E-state index is 5.64. The van der Waals surface area contributed by atoms with Crippen molar-refractivity contribution in [2.45, 2.75) is 18.4 Å². The average Bonchev–Trinajstić information content (AvgIpc) is 2.07. The molecule has 1 radical (unpaired) electrons. The van der Waals surface area contributed by atoms with Crippen LogP contribution in [-0.4, -0.2) is 31.9 Å². The SMILES string of the molecule is [CH]1CNCC2(CCOCC2)O1. The Morgan fingerprint density at radius 2 is 2.09 bits per heavy atom. The van der Waals surface area contributed by atoms with Crippen LogP contribution in [0.1, 0.15) is 12.8 Å². The second-order valence-corrected chi connectivity index (χ2v) is 3.21.